The molecular formula is C13H25NO4. The second-order valence-corrected chi connectivity index (χ2v) is 5.04. The number of hydrogen-bond acceptors (Lipinski definition) is 4. The molecule has 0 bridgehead atoms. The van der Waals surface area contributed by atoms with Gasteiger partial charge in [0.1, 0.15) is 12.1 Å². The van der Waals surface area contributed by atoms with E-state index in [0.29, 0.717) is 6.42 Å². The highest BCUT2D eigenvalue weighted by molar-refractivity contribution is 5.86. The van der Waals surface area contributed by atoms with E-state index in [0.717, 1.165) is 6.42 Å². The number of amides is 1. The van der Waals surface area contributed by atoms with Crippen LogP contribution in [0.4, 0.5) is 0 Å². The fraction of sp³-hybridized carbons (Fsp3) is 0.846. The third kappa shape index (κ3) is 5.49. The Balaban J connectivity index is 4.58. The lowest BCUT2D eigenvalue weighted by atomic mass is 9.98. The van der Waals surface area contributed by atoms with Crippen LogP contribution in [0.3, 0.4) is 0 Å². The Morgan fingerprint density at radius 1 is 1.28 bits per heavy atom. The van der Waals surface area contributed by atoms with E-state index in [1.807, 2.05) is 27.7 Å². The van der Waals surface area contributed by atoms with Gasteiger partial charge in [0.05, 0.1) is 7.11 Å². The van der Waals surface area contributed by atoms with Gasteiger partial charge in [0.15, 0.2) is 0 Å². The van der Waals surface area contributed by atoms with Gasteiger partial charge in [-0.2, -0.15) is 0 Å². The van der Waals surface area contributed by atoms with Crippen molar-refractivity contribution in [3.63, 3.8) is 0 Å². The van der Waals surface area contributed by atoms with Crippen LogP contribution in [0.25, 0.3) is 0 Å². The quantitative estimate of drug-likeness (QED) is 0.671. The van der Waals surface area contributed by atoms with Gasteiger partial charge >= 0.3 is 5.97 Å². The molecule has 0 spiro atoms. The van der Waals surface area contributed by atoms with Crippen LogP contribution in [0.5, 0.6) is 0 Å². The van der Waals surface area contributed by atoms with Crippen molar-refractivity contribution in [3.05, 3.63) is 0 Å². The van der Waals surface area contributed by atoms with E-state index in [-0.39, 0.29) is 11.8 Å². The summed E-state index contributed by atoms with van der Waals surface area (Å²) >= 11 is 0. The molecule has 0 unspecified atom stereocenters. The molecule has 0 aliphatic heterocycles. The highest BCUT2D eigenvalue weighted by Crippen LogP contribution is 2.11. The predicted molar refractivity (Wildman–Crippen MR) is 68.9 cm³/mol. The van der Waals surface area contributed by atoms with E-state index in [1.165, 1.54) is 7.11 Å². The van der Waals surface area contributed by atoms with Gasteiger partial charge in [0, 0.05) is 0 Å². The number of ether oxygens (including phenoxy) is 1. The van der Waals surface area contributed by atoms with Crippen LogP contribution in [0.15, 0.2) is 0 Å². The summed E-state index contributed by atoms with van der Waals surface area (Å²) in [6.07, 6.45) is 0.0295. The maximum atomic E-state index is 11.8. The molecular weight excluding hydrogens is 234 g/mol. The number of aliphatic hydroxyl groups is 1. The van der Waals surface area contributed by atoms with Crippen molar-refractivity contribution in [2.75, 3.05) is 7.11 Å². The maximum Gasteiger partial charge on any atom is 0.328 e. The molecule has 0 heterocycles. The molecule has 0 aromatic rings. The molecule has 0 aromatic heterocycles. The summed E-state index contributed by atoms with van der Waals surface area (Å²) in [4.78, 5) is 23.3. The van der Waals surface area contributed by atoms with Crippen LogP contribution in [0.1, 0.15) is 40.5 Å². The van der Waals surface area contributed by atoms with Crippen LogP contribution >= 0.6 is 0 Å². The average molecular weight is 259 g/mol. The van der Waals surface area contributed by atoms with E-state index in [9.17, 15) is 14.7 Å². The monoisotopic (exact) mass is 259 g/mol. The fourth-order valence-electron chi connectivity index (χ4n) is 1.60. The largest absolute Gasteiger partial charge is 0.467 e. The molecule has 0 aromatic carbocycles. The Labute approximate surface area is 109 Å². The summed E-state index contributed by atoms with van der Waals surface area (Å²) in [6.45, 7) is 7.62. The second kappa shape index (κ2) is 8.08. The number of rotatable bonds is 7. The molecule has 1 amide bonds. The number of methoxy groups -OCH3 is 1. The van der Waals surface area contributed by atoms with Crippen LogP contribution < -0.4 is 5.32 Å². The molecule has 0 aliphatic rings. The smallest absolute Gasteiger partial charge is 0.328 e. The number of aliphatic hydroxyl groups excluding tert-OH is 1. The number of esters is 1. The minimum absolute atomic E-state index is 0.0346. The number of hydrogen-bond donors (Lipinski definition) is 2. The van der Waals surface area contributed by atoms with E-state index in [4.69, 9.17) is 0 Å². The van der Waals surface area contributed by atoms with Crippen LogP contribution in [-0.4, -0.2) is 36.2 Å². The van der Waals surface area contributed by atoms with Crippen LogP contribution in [-0.2, 0) is 14.3 Å². The number of nitrogens with one attached hydrogen (secondary N) is 1. The van der Waals surface area contributed by atoms with Gasteiger partial charge in [-0.15, -0.1) is 0 Å². The summed E-state index contributed by atoms with van der Waals surface area (Å²) in [7, 11) is 1.29. The topological polar surface area (TPSA) is 75.6 Å². The average Bonchev–Trinajstić information content (AvgIpc) is 2.32. The van der Waals surface area contributed by atoms with Gasteiger partial charge < -0.3 is 15.2 Å². The SMILES string of the molecule is CC[C@H](C)[C@H](NC(=O)[C@H](O)CC(C)C)C(=O)OC. The van der Waals surface area contributed by atoms with E-state index in [1.54, 1.807) is 0 Å². The first kappa shape index (κ1) is 16.9. The van der Waals surface area contributed by atoms with Gasteiger partial charge in [0.25, 0.3) is 0 Å². The van der Waals surface area contributed by atoms with Crippen molar-refractivity contribution in [2.45, 2.75) is 52.7 Å². The number of carbonyl (C=O) groups is 2. The van der Waals surface area contributed by atoms with Crippen LogP contribution in [0, 0.1) is 11.8 Å². The van der Waals surface area contributed by atoms with E-state index < -0.39 is 24.0 Å². The lowest BCUT2D eigenvalue weighted by molar-refractivity contribution is -0.148. The summed E-state index contributed by atoms with van der Waals surface area (Å²) < 4.78 is 4.66. The maximum absolute atomic E-state index is 11.8. The molecule has 106 valence electrons. The molecule has 0 saturated heterocycles. The van der Waals surface area contributed by atoms with Crippen LogP contribution in [0.2, 0.25) is 0 Å². The van der Waals surface area contributed by atoms with E-state index in [2.05, 4.69) is 10.1 Å². The standard InChI is InChI=1S/C13H25NO4/c1-6-9(4)11(13(17)18-5)14-12(16)10(15)7-8(2)3/h8-11,15H,6-7H2,1-5H3,(H,14,16)/t9-,10+,11-/m0/s1. The first-order valence-corrected chi connectivity index (χ1v) is 6.39. The Bertz CT molecular complexity index is 278. The molecule has 0 aliphatic carbocycles. The minimum atomic E-state index is -1.08. The first-order valence-electron chi connectivity index (χ1n) is 6.39. The van der Waals surface area contributed by atoms with Crippen molar-refractivity contribution in [1.29, 1.82) is 0 Å². The zero-order valence-electron chi connectivity index (χ0n) is 11.9. The normalized spacial score (nSPS) is 15.9. The lowest BCUT2D eigenvalue weighted by Gasteiger charge is -2.23. The van der Waals surface area contributed by atoms with Gasteiger partial charge in [-0.25, -0.2) is 4.79 Å². The van der Waals surface area contributed by atoms with Gasteiger partial charge in [-0.1, -0.05) is 34.1 Å². The highest BCUT2D eigenvalue weighted by Gasteiger charge is 2.29. The first-order chi connectivity index (χ1) is 8.33. The zero-order valence-corrected chi connectivity index (χ0v) is 11.9. The predicted octanol–water partition coefficient (Wildman–Crippen LogP) is 1.10. The molecule has 0 rings (SSSR count). The Hall–Kier alpha value is -1.10. The summed E-state index contributed by atoms with van der Waals surface area (Å²) in [6, 6.07) is -0.700. The minimum Gasteiger partial charge on any atom is -0.467 e. The van der Waals surface area contributed by atoms with Crippen molar-refractivity contribution in [1.82, 2.24) is 5.32 Å². The Kier molecular flexibility index (Phi) is 7.59. The zero-order chi connectivity index (χ0) is 14.3. The highest BCUT2D eigenvalue weighted by atomic mass is 16.5. The number of carbonyl (C=O) groups excluding carboxylic acids is 2. The van der Waals surface area contributed by atoms with Gasteiger partial charge in [0.2, 0.25) is 5.91 Å². The van der Waals surface area contributed by atoms with Crippen molar-refractivity contribution >= 4 is 11.9 Å². The summed E-state index contributed by atoms with van der Waals surface area (Å²) in [5.74, 6) is -0.813. The fourth-order valence-corrected chi connectivity index (χ4v) is 1.60. The molecule has 0 saturated carbocycles. The van der Waals surface area contributed by atoms with E-state index >= 15 is 0 Å². The second-order valence-electron chi connectivity index (χ2n) is 5.04. The molecule has 5 heteroatoms. The van der Waals surface area contributed by atoms with Crippen molar-refractivity contribution in [3.8, 4) is 0 Å². The molecule has 2 N–H and O–H groups in total. The molecule has 0 fully saturated rings. The Morgan fingerprint density at radius 3 is 2.22 bits per heavy atom. The summed E-state index contributed by atoms with van der Waals surface area (Å²) in [5, 5.41) is 12.2. The Morgan fingerprint density at radius 2 is 1.83 bits per heavy atom. The van der Waals surface area contributed by atoms with Crippen molar-refractivity contribution < 1.29 is 19.4 Å². The molecule has 0 radical (unpaired) electrons. The van der Waals surface area contributed by atoms with Gasteiger partial charge in [-0.05, 0) is 18.3 Å². The third-order valence-electron chi connectivity index (χ3n) is 2.96. The third-order valence-corrected chi connectivity index (χ3v) is 2.96. The summed E-state index contributed by atoms with van der Waals surface area (Å²) in [5.41, 5.74) is 0. The molecule has 3 atom stereocenters. The van der Waals surface area contributed by atoms with Gasteiger partial charge in [-0.3, -0.25) is 4.79 Å². The lowest BCUT2D eigenvalue weighted by Crippen LogP contribution is -2.49. The molecule has 5 nitrogen and oxygen atoms in total. The molecule has 18 heavy (non-hydrogen) atoms. The van der Waals surface area contributed by atoms with Crippen molar-refractivity contribution in [2.24, 2.45) is 11.8 Å².